The van der Waals surface area contributed by atoms with E-state index in [1.165, 1.54) is 32.1 Å². The van der Waals surface area contributed by atoms with Gasteiger partial charge in [-0.25, -0.2) is 0 Å². The smallest absolute Gasteiger partial charge is 0.225 e. The minimum Gasteiger partial charge on any atom is -0.341 e. The first-order chi connectivity index (χ1) is 9.24. The fourth-order valence-corrected chi connectivity index (χ4v) is 4.57. The second-order valence-electron chi connectivity index (χ2n) is 7.00. The fraction of sp³-hybridized carbons (Fsp3) is 0.938. The summed E-state index contributed by atoms with van der Waals surface area (Å²) in [5.41, 5.74) is 6.00. The van der Waals surface area contributed by atoms with Gasteiger partial charge in [0.15, 0.2) is 0 Å². The third-order valence-corrected chi connectivity index (χ3v) is 5.66. The number of nitrogens with zero attached hydrogens (tertiary/aromatic N) is 1. The molecule has 2 aliphatic carbocycles. The molecule has 3 rings (SSSR count). The van der Waals surface area contributed by atoms with E-state index in [1.54, 1.807) is 0 Å². The molecule has 1 saturated heterocycles. The Balaban J connectivity index is 1.58. The van der Waals surface area contributed by atoms with Gasteiger partial charge in [-0.1, -0.05) is 25.7 Å². The quantitative estimate of drug-likeness (QED) is 0.791. The van der Waals surface area contributed by atoms with E-state index in [2.05, 4.69) is 4.90 Å². The number of rotatable bonds is 1. The maximum Gasteiger partial charge on any atom is 0.225 e. The number of likely N-dealkylation sites (tertiary alicyclic amines) is 1. The second-order valence-corrected chi connectivity index (χ2v) is 7.00. The molecule has 0 aromatic carbocycles. The van der Waals surface area contributed by atoms with Crippen molar-refractivity contribution in [2.45, 2.75) is 63.8 Å². The molecule has 0 aromatic rings. The average Bonchev–Trinajstić information content (AvgIpc) is 2.46. The molecule has 1 heterocycles. The van der Waals surface area contributed by atoms with E-state index in [0.29, 0.717) is 11.8 Å². The Kier molecular flexibility index (Phi) is 4.11. The summed E-state index contributed by atoms with van der Waals surface area (Å²) in [5.74, 6) is 2.50. The Labute approximate surface area is 116 Å². The standard InChI is InChI=1S/C16H28N2O/c17-15-6-3-9-18(11-15)16(19)14-8-7-12-4-1-2-5-13(12)10-14/h12-15H,1-11,17H2. The largest absolute Gasteiger partial charge is 0.341 e. The number of amides is 1. The number of hydrogen-bond acceptors (Lipinski definition) is 2. The first kappa shape index (κ1) is 13.4. The van der Waals surface area contributed by atoms with Crippen molar-refractivity contribution in [2.75, 3.05) is 13.1 Å². The van der Waals surface area contributed by atoms with Crippen molar-refractivity contribution in [3.63, 3.8) is 0 Å². The van der Waals surface area contributed by atoms with Gasteiger partial charge in [-0.3, -0.25) is 4.79 Å². The summed E-state index contributed by atoms with van der Waals surface area (Å²) in [4.78, 5) is 14.7. The molecule has 3 nitrogen and oxygen atoms in total. The molecule has 19 heavy (non-hydrogen) atoms. The Bertz CT molecular complexity index is 331. The van der Waals surface area contributed by atoms with Gasteiger partial charge in [0.05, 0.1) is 0 Å². The molecule has 4 atom stereocenters. The van der Waals surface area contributed by atoms with Crippen molar-refractivity contribution in [1.29, 1.82) is 0 Å². The van der Waals surface area contributed by atoms with Crippen molar-refractivity contribution < 1.29 is 4.79 Å². The van der Waals surface area contributed by atoms with Crippen molar-refractivity contribution in [3.05, 3.63) is 0 Å². The molecule has 108 valence electrons. The van der Waals surface area contributed by atoms with Gasteiger partial charge in [-0.2, -0.15) is 0 Å². The molecule has 0 spiro atoms. The number of carbonyl (C=O) groups excluding carboxylic acids is 1. The zero-order valence-corrected chi connectivity index (χ0v) is 12.0. The molecule has 1 amide bonds. The van der Waals surface area contributed by atoms with Crippen LogP contribution in [0.4, 0.5) is 0 Å². The van der Waals surface area contributed by atoms with Gasteiger partial charge in [0.1, 0.15) is 0 Å². The molecule has 4 unspecified atom stereocenters. The predicted octanol–water partition coefficient (Wildman–Crippen LogP) is 2.54. The van der Waals surface area contributed by atoms with Crippen molar-refractivity contribution in [3.8, 4) is 0 Å². The lowest BCUT2D eigenvalue weighted by atomic mass is 9.67. The first-order valence-electron chi connectivity index (χ1n) is 8.28. The van der Waals surface area contributed by atoms with Crippen LogP contribution in [-0.2, 0) is 4.79 Å². The number of fused-ring (bicyclic) bond motifs is 1. The van der Waals surface area contributed by atoms with E-state index in [0.717, 1.165) is 50.6 Å². The van der Waals surface area contributed by atoms with Gasteiger partial charge in [0.25, 0.3) is 0 Å². The van der Waals surface area contributed by atoms with Gasteiger partial charge >= 0.3 is 0 Å². The van der Waals surface area contributed by atoms with E-state index in [9.17, 15) is 4.79 Å². The number of hydrogen-bond donors (Lipinski definition) is 1. The normalized spacial score (nSPS) is 39.7. The highest BCUT2D eigenvalue weighted by Crippen LogP contribution is 2.43. The van der Waals surface area contributed by atoms with Crippen LogP contribution in [0.2, 0.25) is 0 Å². The topological polar surface area (TPSA) is 46.3 Å². The SMILES string of the molecule is NC1CCCN(C(=O)C2CCC3CCCCC3C2)C1. The molecular formula is C16H28N2O. The fourth-order valence-electron chi connectivity index (χ4n) is 4.57. The van der Waals surface area contributed by atoms with Crippen LogP contribution < -0.4 is 5.73 Å². The first-order valence-corrected chi connectivity index (χ1v) is 8.28. The highest BCUT2D eigenvalue weighted by atomic mass is 16.2. The molecule has 2 N–H and O–H groups in total. The summed E-state index contributed by atoms with van der Waals surface area (Å²) in [6, 6.07) is 0.212. The summed E-state index contributed by atoms with van der Waals surface area (Å²) >= 11 is 0. The van der Waals surface area contributed by atoms with E-state index in [4.69, 9.17) is 5.73 Å². The summed E-state index contributed by atoms with van der Waals surface area (Å²) in [6.45, 7) is 1.74. The van der Waals surface area contributed by atoms with Crippen LogP contribution in [0.1, 0.15) is 57.8 Å². The lowest BCUT2D eigenvalue weighted by molar-refractivity contribution is -0.139. The van der Waals surface area contributed by atoms with Crippen molar-refractivity contribution in [1.82, 2.24) is 4.90 Å². The summed E-state index contributed by atoms with van der Waals surface area (Å²) < 4.78 is 0. The van der Waals surface area contributed by atoms with Gasteiger partial charge in [0, 0.05) is 25.0 Å². The Hall–Kier alpha value is -0.570. The van der Waals surface area contributed by atoms with E-state index < -0.39 is 0 Å². The van der Waals surface area contributed by atoms with Crippen molar-refractivity contribution >= 4 is 5.91 Å². The van der Waals surface area contributed by atoms with Crippen LogP contribution >= 0.6 is 0 Å². The van der Waals surface area contributed by atoms with Gasteiger partial charge in [-0.05, 0) is 43.9 Å². The van der Waals surface area contributed by atoms with Crippen LogP contribution in [-0.4, -0.2) is 29.9 Å². The molecule has 3 fully saturated rings. The van der Waals surface area contributed by atoms with E-state index in [-0.39, 0.29) is 6.04 Å². The second kappa shape index (κ2) is 5.82. The zero-order valence-electron chi connectivity index (χ0n) is 12.0. The van der Waals surface area contributed by atoms with Gasteiger partial charge < -0.3 is 10.6 Å². The number of carbonyl (C=O) groups is 1. The summed E-state index contributed by atoms with van der Waals surface area (Å²) in [5, 5.41) is 0. The summed E-state index contributed by atoms with van der Waals surface area (Å²) in [7, 11) is 0. The van der Waals surface area contributed by atoms with Gasteiger partial charge in [0.2, 0.25) is 5.91 Å². The molecule has 0 aromatic heterocycles. The highest BCUT2D eigenvalue weighted by molar-refractivity contribution is 5.79. The van der Waals surface area contributed by atoms with Crippen LogP contribution in [0.5, 0.6) is 0 Å². The third-order valence-electron chi connectivity index (χ3n) is 5.66. The molecule has 2 saturated carbocycles. The van der Waals surface area contributed by atoms with E-state index >= 15 is 0 Å². The Morgan fingerprint density at radius 1 is 0.947 bits per heavy atom. The van der Waals surface area contributed by atoms with Crippen LogP contribution in [0.3, 0.4) is 0 Å². The number of piperidine rings is 1. The van der Waals surface area contributed by atoms with Crippen LogP contribution in [0, 0.1) is 17.8 Å². The highest BCUT2D eigenvalue weighted by Gasteiger charge is 2.37. The van der Waals surface area contributed by atoms with Crippen LogP contribution in [0.25, 0.3) is 0 Å². The summed E-state index contributed by atoms with van der Waals surface area (Å²) in [6.07, 6.45) is 11.3. The third kappa shape index (κ3) is 2.96. The van der Waals surface area contributed by atoms with Crippen molar-refractivity contribution in [2.24, 2.45) is 23.5 Å². The maximum absolute atomic E-state index is 12.6. The predicted molar refractivity (Wildman–Crippen MR) is 76.6 cm³/mol. The van der Waals surface area contributed by atoms with E-state index in [1.807, 2.05) is 0 Å². The maximum atomic E-state index is 12.6. The lowest BCUT2D eigenvalue weighted by Crippen LogP contribution is -2.48. The molecule has 3 heteroatoms. The van der Waals surface area contributed by atoms with Gasteiger partial charge in [-0.15, -0.1) is 0 Å². The molecule has 3 aliphatic rings. The Morgan fingerprint density at radius 2 is 1.74 bits per heavy atom. The lowest BCUT2D eigenvalue weighted by Gasteiger charge is -2.41. The monoisotopic (exact) mass is 264 g/mol. The minimum absolute atomic E-state index is 0.212. The molecule has 0 radical (unpaired) electrons. The minimum atomic E-state index is 0.212. The van der Waals surface area contributed by atoms with Crippen LogP contribution in [0.15, 0.2) is 0 Å². The molecule has 0 bridgehead atoms. The average molecular weight is 264 g/mol. The molecular weight excluding hydrogens is 236 g/mol. The molecule has 1 aliphatic heterocycles. The Morgan fingerprint density at radius 3 is 2.53 bits per heavy atom. The zero-order chi connectivity index (χ0) is 13.2. The number of nitrogens with two attached hydrogens (primary N) is 1.